The van der Waals surface area contributed by atoms with Crippen LogP contribution in [0.1, 0.15) is 74.9 Å². The molecule has 46 heavy (non-hydrogen) atoms. The lowest BCUT2D eigenvalue weighted by atomic mass is 9.70. The summed E-state index contributed by atoms with van der Waals surface area (Å²) in [6.07, 6.45) is 10.7. The van der Waals surface area contributed by atoms with Crippen LogP contribution >= 0.6 is 11.3 Å². The summed E-state index contributed by atoms with van der Waals surface area (Å²) in [5.41, 5.74) is 1.16. The van der Waals surface area contributed by atoms with Crippen LogP contribution in [0.15, 0.2) is 11.7 Å². The highest BCUT2D eigenvalue weighted by Gasteiger charge is 2.62. The van der Waals surface area contributed by atoms with Gasteiger partial charge in [-0.3, -0.25) is 33.8 Å². The van der Waals surface area contributed by atoms with Gasteiger partial charge in [-0.15, -0.1) is 11.3 Å². The Morgan fingerprint density at radius 1 is 0.957 bits per heavy atom. The molecule has 3 atom stereocenters. The SMILES string of the molecule is CC1(C)C[C@@H]1C(=O)N1CC2(CN(C(=O)c3cncs3)C[C@H]2C(=O)N2CCC[C@@H](N(CC(=O)NS(C)(=O)=O)CC3CCCCC3)C2)C1. The highest BCUT2D eigenvalue weighted by Crippen LogP contribution is 2.55. The molecule has 4 amide bonds. The lowest BCUT2D eigenvalue weighted by molar-refractivity contribution is -0.156. The Labute approximate surface area is 276 Å². The molecule has 4 heterocycles. The van der Waals surface area contributed by atoms with Crippen molar-refractivity contribution in [1.29, 1.82) is 0 Å². The van der Waals surface area contributed by atoms with Gasteiger partial charge in [0.15, 0.2) is 0 Å². The fraction of sp³-hybridized carbons (Fsp3) is 0.781. The predicted molar refractivity (Wildman–Crippen MR) is 173 cm³/mol. The Morgan fingerprint density at radius 2 is 1.63 bits per heavy atom. The fourth-order valence-corrected chi connectivity index (χ4v) is 9.45. The van der Waals surface area contributed by atoms with E-state index in [0.29, 0.717) is 56.6 Å². The molecule has 2 aliphatic carbocycles. The number of hydrogen-bond donors (Lipinski definition) is 1. The Hall–Kier alpha value is -2.58. The number of likely N-dealkylation sites (tertiary alicyclic amines) is 3. The Morgan fingerprint density at radius 3 is 2.26 bits per heavy atom. The molecular weight excluding hydrogens is 629 g/mol. The number of thiazole rings is 1. The lowest BCUT2D eigenvalue weighted by Gasteiger charge is -2.51. The van der Waals surface area contributed by atoms with Crippen LogP contribution in [0.3, 0.4) is 0 Å². The van der Waals surface area contributed by atoms with E-state index in [1.165, 1.54) is 17.8 Å². The summed E-state index contributed by atoms with van der Waals surface area (Å²) in [5.74, 6) is -0.499. The summed E-state index contributed by atoms with van der Waals surface area (Å²) in [7, 11) is -3.68. The minimum absolute atomic E-state index is 0.00126. The minimum atomic E-state index is -3.68. The van der Waals surface area contributed by atoms with Crippen LogP contribution in [-0.4, -0.2) is 121 Å². The molecule has 1 spiro atoms. The molecule has 2 saturated carbocycles. The number of sulfonamides is 1. The summed E-state index contributed by atoms with van der Waals surface area (Å²) in [4.78, 5) is 66.2. The summed E-state index contributed by atoms with van der Waals surface area (Å²) in [5, 5.41) is 0. The van der Waals surface area contributed by atoms with E-state index >= 15 is 0 Å². The lowest BCUT2D eigenvalue weighted by Crippen LogP contribution is -2.65. The predicted octanol–water partition coefficient (Wildman–Crippen LogP) is 2.04. The monoisotopic (exact) mass is 676 g/mol. The van der Waals surface area contributed by atoms with Crippen molar-refractivity contribution < 1.29 is 27.6 Å². The van der Waals surface area contributed by atoms with Crippen molar-refractivity contribution in [2.24, 2.45) is 28.6 Å². The zero-order chi connectivity index (χ0) is 32.9. The third-order valence-corrected chi connectivity index (χ3v) is 12.5. The van der Waals surface area contributed by atoms with E-state index in [1.807, 2.05) is 9.80 Å². The van der Waals surface area contributed by atoms with Crippen molar-refractivity contribution in [3.63, 3.8) is 0 Å². The van der Waals surface area contributed by atoms with E-state index in [4.69, 9.17) is 0 Å². The molecule has 5 fully saturated rings. The first-order chi connectivity index (χ1) is 21.7. The van der Waals surface area contributed by atoms with E-state index in [2.05, 4.69) is 28.5 Å². The number of piperidine rings is 1. The molecule has 1 aromatic heterocycles. The van der Waals surface area contributed by atoms with Gasteiger partial charge in [0.25, 0.3) is 5.91 Å². The van der Waals surface area contributed by atoms with E-state index in [-0.39, 0.29) is 41.6 Å². The van der Waals surface area contributed by atoms with Crippen LogP contribution in [0, 0.1) is 28.6 Å². The maximum Gasteiger partial charge on any atom is 0.265 e. The van der Waals surface area contributed by atoms with Gasteiger partial charge >= 0.3 is 0 Å². The number of carbonyl (C=O) groups excluding carboxylic acids is 4. The zero-order valence-corrected chi connectivity index (χ0v) is 28.9. The van der Waals surface area contributed by atoms with Crippen LogP contribution < -0.4 is 4.72 Å². The first-order valence-corrected chi connectivity index (χ1v) is 19.5. The molecule has 0 bridgehead atoms. The second kappa shape index (κ2) is 12.8. The Balaban J connectivity index is 1.18. The number of amides is 4. The Kier molecular flexibility index (Phi) is 9.27. The van der Waals surface area contributed by atoms with Gasteiger partial charge in [-0.2, -0.15) is 0 Å². The number of hydrogen-bond acceptors (Lipinski definition) is 9. The van der Waals surface area contributed by atoms with Gasteiger partial charge in [0, 0.05) is 63.2 Å². The second-order valence-corrected chi connectivity index (χ2v) is 17.9. The maximum absolute atomic E-state index is 14.5. The molecule has 3 aliphatic heterocycles. The normalized spacial score (nSPS) is 27.5. The first kappa shape index (κ1) is 33.3. The number of rotatable bonds is 9. The molecule has 14 heteroatoms. The second-order valence-electron chi connectivity index (χ2n) is 15.2. The topological polar surface area (TPSA) is 140 Å². The van der Waals surface area contributed by atoms with Crippen molar-refractivity contribution >= 4 is 45.0 Å². The average Bonchev–Trinajstić information content (AvgIpc) is 3.36. The van der Waals surface area contributed by atoms with Gasteiger partial charge in [0.2, 0.25) is 27.7 Å². The summed E-state index contributed by atoms with van der Waals surface area (Å²) < 4.78 is 25.7. The van der Waals surface area contributed by atoms with Crippen LogP contribution in [-0.2, 0) is 24.4 Å². The number of carbonyl (C=O) groups is 4. The van der Waals surface area contributed by atoms with E-state index in [1.54, 1.807) is 16.6 Å². The quantitative estimate of drug-likeness (QED) is 0.419. The van der Waals surface area contributed by atoms with Crippen LogP contribution in [0.25, 0.3) is 0 Å². The van der Waals surface area contributed by atoms with Gasteiger partial charge in [0.05, 0.1) is 30.4 Å². The van der Waals surface area contributed by atoms with Gasteiger partial charge < -0.3 is 14.7 Å². The number of aromatic nitrogens is 1. The third kappa shape index (κ3) is 7.13. The van der Waals surface area contributed by atoms with E-state index in [9.17, 15) is 27.6 Å². The van der Waals surface area contributed by atoms with E-state index in [0.717, 1.165) is 51.2 Å². The highest BCUT2D eigenvalue weighted by atomic mass is 32.2. The van der Waals surface area contributed by atoms with Gasteiger partial charge in [0.1, 0.15) is 4.88 Å². The average molecular weight is 677 g/mol. The smallest absolute Gasteiger partial charge is 0.265 e. The van der Waals surface area contributed by atoms with Crippen molar-refractivity contribution in [3.8, 4) is 0 Å². The molecule has 1 N–H and O–H groups in total. The number of nitrogens with zero attached hydrogens (tertiary/aromatic N) is 5. The zero-order valence-electron chi connectivity index (χ0n) is 27.3. The largest absolute Gasteiger partial charge is 0.341 e. The van der Waals surface area contributed by atoms with Crippen LogP contribution in [0.4, 0.5) is 0 Å². The summed E-state index contributed by atoms with van der Waals surface area (Å²) in [6, 6.07) is -0.0752. The van der Waals surface area contributed by atoms with Crippen molar-refractivity contribution in [1.82, 2.24) is 29.3 Å². The molecule has 12 nitrogen and oxygen atoms in total. The first-order valence-electron chi connectivity index (χ1n) is 16.7. The summed E-state index contributed by atoms with van der Waals surface area (Å²) in [6.45, 7) is 7.59. The molecule has 0 unspecified atom stereocenters. The Bertz CT molecular complexity index is 1440. The van der Waals surface area contributed by atoms with Crippen molar-refractivity contribution in [2.75, 3.05) is 58.6 Å². The molecule has 1 aromatic rings. The fourth-order valence-electron chi connectivity index (χ4n) is 8.38. The highest BCUT2D eigenvalue weighted by molar-refractivity contribution is 7.89. The van der Waals surface area contributed by atoms with E-state index < -0.39 is 27.3 Å². The molecule has 5 aliphatic rings. The molecule has 3 saturated heterocycles. The third-order valence-electron chi connectivity index (χ3n) is 11.1. The van der Waals surface area contributed by atoms with Gasteiger partial charge in [-0.25, -0.2) is 8.42 Å². The molecule has 0 aromatic carbocycles. The van der Waals surface area contributed by atoms with Crippen molar-refractivity contribution in [2.45, 2.75) is 71.3 Å². The molecule has 6 rings (SSSR count). The number of nitrogens with one attached hydrogen (secondary N) is 1. The maximum atomic E-state index is 14.5. The molecular formula is C32H48N6O6S2. The van der Waals surface area contributed by atoms with Crippen LogP contribution in [0.5, 0.6) is 0 Å². The van der Waals surface area contributed by atoms with Gasteiger partial charge in [-0.05, 0) is 43.4 Å². The molecule has 254 valence electrons. The molecule has 0 radical (unpaired) electrons. The van der Waals surface area contributed by atoms with Crippen LogP contribution in [0.2, 0.25) is 0 Å². The summed E-state index contributed by atoms with van der Waals surface area (Å²) >= 11 is 1.29. The minimum Gasteiger partial charge on any atom is -0.341 e. The standard InChI is InChI=1S/C32H48N6O6S2/c1-31(2)12-24(31)28(40)38-19-32(20-38)18-37(30(42)26-13-33-21-45-26)16-25(32)29(41)35-11-7-10-23(15-35)36(14-22-8-5-4-6-9-22)17-27(39)34-46(3,43)44/h13,21-25H,4-12,14-20H2,1-3H3,(H,34,39)/t23-,24-,25+/m1/s1. The van der Waals surface area contributed by atoms with Gasteiger partial charge in [-0.1, -0.05) is 33.1 Å². The van der Waals surface area contributed by atoms with Crippen molar-refractivity contribution in [3.05, 3.63) is 16.6 Å².